The van der Waals surface area contributed by atoms with Crippen molar-refractivity contribution in [1.82, 2.24) is 9.78 Å². The predicted octanol–water partition coefficient (Wildman–Crippen LogP) is 2.44. The van der Waals surface area contributed by atoms with E-state index in [1.165, 1.54) is 42.6 Å². The number of nitrogens with zero attached hydrogens (tertiary/aromatic N) is 2. The zero-order valence-electron chi connectivity index (χ0n) is 11.7. The number of aromatic nitrogens is 2. The molecule has 3 rings (SSSR count). The van der Waals surface area contributed by atoms with E-state index in [1.807, 2.05) is 0 Å². The molecule has 0 aliphatic heterocycles. The summed E-state index contributed by atoms with van der Waals surface area (Å²) in [6.45, 7) is 6.19. The quantitative estimate of drug-likeness (QED) is 0.888. The third kappa shape index (κ3) is 1.99. The molecule has 2 saturated carbocycles. The zero-order chi connectivity index (χ0) is 12.7. The summed E-state index contributed by atoms with van der Waals surface area (Å²) in [5.41, 5.74) is 9.59. The van der Waals surface area contributed by atoms with Crippen LogP contribution in [-0.2, 0) is 13.0 Å². The first-order valence-corrected chi connectivity index (χ1v) is 7.42. The highest BCUT2D eigenvalue weighted by Crippen LogP contribution is 2.48. The van der Waals surface area contributed by atoms with Crippen molar-refractivity contribution in [2.24, 2.45) is 23.5 Å². The Labute approximate surface area is 110 Å². The molecule has 3 nitrogen and oxygen atoms in total. The van der Waals surface area contributed by atoms with E-state index in [2.05, 4.69) is 18.5 Å². The molecule has 2 fully saturated rings. The van der Waals surface area contributed by atoms with Crippen molar-refractivity contribution >= 4 is 0 Å². The van der Waals surface area contributed by atoms with Gasteiger partial charge in [0.05, 0.1) is 5.69 Å². The zero-order valence-corrected chi connectivity index (χ0v) is 11.7. The van der Waals surface area contributed by atoms with Crippen LogP contribution in [0.4, 0.5) is 0 Å². The lowest BCUT2D eigenvalue weighted by atomic mass is 9.89. The van der Waals surface area contributed by atoms with Crippen LogP contribution in [0.5, 0.6) is 0 Å². The molecule has 0 saturated heterocycles. The molecule has 1 heterocycles. The SMILES string of the molecule is Cc1nn(CC2CC3CCC2C3)c(C)c1CCN. The molecule has 100 valence electrons. The highest BCUT2D eigenvalue weighted by Gasteiger charge is 2.39. The van der Waals surface area contributed by atoms with Gasteiger partial charge in [0.25, 0.3) is 0 Å². The summed E-state index contributed by atoms with van der Waals surface area (Å²) < 4.78 is 2.26. The van der Waals surface area contributed by atoms with Crippen LogP contribution in [0.1, 0.15) is 42.6 Å². The van der Waals surface area contributed by atoms with Gasteiger partial charge >= 0.3 is 0 Å². The number of rotatable bonds is 4. The average molecular weight is 247 g/mol. The lowest BCUT2D eigenvalue weighted by molar-refractivity contribution is 0.283. The Morgan fingerprint density at radius 3 is 2.72 bits per heavy atom. The van der Waals surface area contributed by atoms with Crippen molar-refractivity contribution in [1.29, 1.82) is 0 Å². The Balaban J connectivity index is 1.75. The molecule has 18 heavy (non-hydrogen) atoms. The van der Waals surface area contributed by atoms with Crippen LogP contribution >= 0.6 is 0 Å². The highest BCUT2D eigenvalue weighted by molar-refractivity contribution is 5.24. The van der Waals surface area contributed by atoms with E-state index in [9.17, 15) is 0 Å². The molecule has 2 aliphatic rings. The minimum absolute atomic E-state index is 0.724. The number of hydrogen-bond acceptors (Lipinski definition) is 2. The first-order chi connectivity index (χ1) is 8.69. The van der Waals surface area contributed by atoms with Crippen molar-refractivity contribution in [3.8, 4) is 0 Å². The Hall–Kier alpha value is -0.830. The van der Waals surface area contributed by atoms with Gasteiger partial charge in [-0.25, -0.2) is 0 Å². The lowest BCUT2D eigenvalue weighted by Crippen LogP contribution is -2.19. The third-order valence-corrected chi connectivity index (χ3v) is 5.22. The predicted molar refractivity (Wildman–Crippen MR) is 73.4 cm³/mol. The second-order valence-corrected chi connectivity index (χ2v) is 6.31. The molecule has 0 aromatic carbocycles. The standard InChI is InChI=1S/C15H25N3/c1-10-15(5-6-16)11(2)18(17-10)9-14-8-12-3-4-13(14)7-12/h12-14H,3-9,16H2,1-2H3. The van der Waals surface area contributed by atoms with Crippen LogP contribution in [0, 0.1) is 31.6 Å². The molecule has 2 bridgehead atoms. The van der Waals surface area contributed by atoms with E-state index in [-0.39, 0.29) is 0 Å². The van der Waals surface area contributed by atoms with Crippen molar-refractivity contribution in [2.75, 3.05) is 6.54 Å². The summed E-state index contributed by atoms with van der Waals surface area (Å²) in [5.74, 6) is 2.89. The Bertz CT molecular complexity index is 435. The lowest BCUT2D eigenvalue weighted by Gasteiger charge is -2.22. The van der Waals surface area contributed by atoms with Gasteiger partial charge < -0.3 is 5.73 Å². The average Bonchev–Trinajstić information content (AvgIpc) is 3.01. The molecule has 2 aliphatic carbocycles. The van der Waals surface area contributed by atoms with Crippen molar-refractivity contribution in [3.05, 3.63) is 17.0 Å². The first kappa shape index (κ1) is 12.2. The topological polar surface area (TPSA) is 43.8 Å². The maximum Gasteiger partial charge on any atom is 0.0628 e. The van der Waals surface area contributed by atoms with Crippen molar-refractivity contribution in [3.63, 3.8) is 0 Å². The van der Waals surface area contributed by atoms with E-state index >= 15 is 0 Å². The van der Waals surface area contributed by atoms with Crippen molar-refractivity contribution in [2.45, 2.75) is 52.5 Å². The fourth-order valence-electron chi connectivity index (χ4n) is 4.24. The summed E-state index contributed by atoms with van der Waals surface area (Å²) >= 11 is 0. The number of fused-ring (bicyclic) bond motifs is 2. The Kier molecular flexibility index (Phi) is 3.18. The molecule has 0 spiro atoms. The van der Waals surface area contributed by atoms with Gasteiger partial charge in [0.1, 0.15) is 0 Å². The maximum atomic E-state index is 5.68. The highest BCUT2D eigenvalue weighted by atomic mass is 15.3. The molecule has 1 aromatic heterocycles. The van der Waals surface area contributed by atoms with E-state index in [0.717, 1.165) is 37.3 Å². The summed E-state index contributed by atoms with van der Waals surface area (Å²) in [6.07, 6.45) is 6.84. The Morgan fingerprint density at radius 2 is 2.11 bits per heavy atom. The largest absolute Gasteiger partial charge is 0.330 e. The van der Waals surface area contributed by atoms with E-state index < -0.39 is 0 Å². The van der Waals surface area contributed by atoms with Gasteiger partial charge in [-0.1, -0.05) is 6.42 Å². The van der Waals surface area contributed by atoms with Crippen LogP contribution in [0.2, 0.25) is 0 Å². The van der Waals surface area contributed by atoms with Gasteiger partial charge in [-0.15, -0.1) is 0 Å². The molecule has 3 unspecified atom stereocenters. The van der Waals surface area contributed by atoms with Gasteiger partial charge in [0, 0.05) is 12.2 Å². The van der Waals surface area contributed by atoms with E-state index in [4.69, 9.17) is 10.8 Å². The monoisotopic (exact) mass is 247 g/mol. The fourth-order valence-corrected chi connectivity index (χ4v) is 4.24. The molecule has 1 aromatic rings. The molecule has 0 amide bonds. The summed E-state index contributed by atoms with van der Waals surface area (Å²) in [6, 6.07) is 0. The molecular weight excluding hydrogens is 222 g/mol. The van der Waals surface area contributed by atoms with Gasteiger partial charge in [-0.3, -0.25) is 4.68 Å². The van der Waals surface area contributed by atoms with Gasteiger partial charge in [-0.2, -0.15) is 5.10 Å². The minimum atomic E-state index is 0.724. The molecule has 3 atom stereocenters. The molecule has 2 N–H and O–H groups in total. The normalized spacial score (nSPS) is 30.3. The molecular formula is C15H25N3. The Morgan fingerprint density at radius 1 is 1.28 bits per heavy atom. The van der Waals surface area contributed by atoms with Crippen LogP contribution in [-0.4, -0.2) is 16.3 Å². The number of hydrogen-bond donors (Lipinski definition) is 1. The van der Waals surface area contributed by atoms with E-state index in [0.29, 0.717) is 0 Å². The van der Waals surface area contributed by atoms with Crippen molar-refractivity contribution < 1.29 is 0 Å². The van der Waals surface area contributed by atoms with Gasteiger partial charge in [0.2, 0.25) is 0 Å². The van der Waals surface area contributed by atoms with Crippen LogP contribution in [0.25, 0.3) is 0 Å². The number of aryl methyl sites for hydroxylation is 1. The minimum Gasteiger partial charge on any atom is -0.330 e. The summed E-state index contributed by atoms with van der Waals surface area (Å²) in [7, 11) is 0. The fraction of sp³-hybridized carbons (Fsp3) is 0.800. The van der Waals surface area contributed by atoms with Crippen LogP contribution in [0.15, 0.2) is 0 Å². The van der Waals surface area contributed by atoms with E-state index in [1.54, 1.807) is 0 Å². The third-order valence-electron chi connectivity index (χ3n) is 5.22. The molecule has 0 radical (unpaired) electrons. The van der Waals surface area contributed by atoms with Crippen LogP contribution in [0.3, 0.4) is 0 Å². The first-order valence-electron chi connectivity index (χ1n) is 7.42. The summed E-state index contributed by atoms with van der Waals surface area (Å²) in [4.78, 5) is 0. The second kappa shape index (κ2) is 4.69. The van der Waals surface area contributed by atoms with Gasteiger partial charge in [0.15, 0.2) is 0 Å². The number of nitrogens with two attached hydrogens (primary N) is 1. The smallest absolute Gasteiger partial charge is 0.0628 e. The van der Waals surface area contributed by atoms with Crippen LogP contribution < -0.4 is 5.73 Å². The maximum absolute atomic E-state index is 5.68. The molecule has 3 heteroatoms. The van der Waals surface area contributed by atoms with Gasteiger partial charge in [-0.05, 0) is 69.4 Å². The second-order valence-electron chi connectivity index (χ2n) is 6.31. The summed E-state index contributed by atoms with van der Waals surface area (Å²) in [5, 5.41) is 4.74.